The van der Waals surface area contributed by atoms with Crippen molar-refractivity contribution in [2.24, 2.45) is 11.3 Å². The van der Waals surface area contributed by atoms with Gasteiger partial charge in [0.05, 0.1) is 5.41 Å². The third kappa shape index (κ3) is 3.35. The molecule has 5 nitrogen and oxygen atoms in total. The number of nitrogens with one attached hydrogen (secondary N) is 1. The predicted octanol–water partition coefficient (Wildman–Crippen LogP) is 1.54. The topological polar surface area (TPSA) is 69.6 Å². The first kappa shape index (κ1) is 13.8. The molecule has 1 aliphatic rings. The zero-order chi connectivity index (χ0) is 13.1. The molecule has 5 heteroatoms. The summed E-state index contributed by atoms with van der Waals surface area (Å²) >= 11 is 0. The first-order valence-corrected chi connectivity index (χ1v) is 6.15. The first-order chi connectivity index (χ1) is 7.89. The van der Waals surface area contributed by atoms with Gasteiger partial charge in [-0.25, -0.2) is 4.79 Å². The van der Waals surface area contributed by atoms with E-state index in [4.69, 9.17) is 5.11 Å². The van der Waals surface area contributed by atoms with Crippen molar-refractivity contribution in [3.05, 3.63) is 0 Å². The van der Waals surface area contributed by atoms with Crippen molar-refractivity contribution in [1.82, 2.24) is 10.2 Å². The maximum Gasteiger partial charge on any atom is 0.317 e. The molecule has 0 aliphatic carbocycles. The number of nitrogens with zero attached hydrogens (tertiary/aromatic N) is 1. The minimum absolute atomic E-state index is 0.143. The standard InChI is InChI=1S/C12H22N2O3/c1-4-12(3,10(15)16)8-13-11(17)14-6-5-9(2)7-14/h9H,4-8H2,1-3H3,(H,13,17)(H,15,16). The summed E-state index contributed by atoms with van der Waals surface area (Å²) in [6, 6.07) is -0.143. The van der Waals surface area contributed by atoms with Gasteiger partial charge in [-0.2, -0.15) is 0 Å². The average molecular weight is 242 g/mol. The average Bonchev–Trinajstić information content (AvgIpc) is 2.72. The van der Waals surface area contributed by atoms with Crippen LogP contribution in [0.1, 0.15) is 33.6 Å². The third-order valence-electron chi connectivity index (χ3n) is 3.64. The van der Waals surface area contributed by atoms with Gasteiger partial charge in [0.15, 0.2) is 0 Å². The monoisotopic (exact) mass is 242 g/mol. The number of aliphatic carboxylic acids is 1. The number of urea groups is 1. The van der Waals surface area contributed by atoms with E-state index in [2.05, 4.69) is 12.2 Å². The Morgan fingerprint density at radius 3 is 2.59 bits per heavy atom. The van der Waals surface area contributed by atoms with Gasteiger partial charge in [-0.1, -0.05) is 13.8 Å². The van der Waals surface area contributed by atoms with Crippen LogP contribution in [0.3, 0.4) is 0 Å². The number of hydrogen-bond acceptors (Lipinski definition) is 2. The van der Waals surface area contributed by atoms with Crippen LogP contribution in [0, 0.1) is 11.3 Å². The molecule has 1 rings (SSSR count). The van der Waals surface area contributed by atoms with Crippen LogP contribution in [-0.2, 0) is 4.79 Å². The Hall–Kier alpha value is -1.26. The number of carbonyl (C=O) groups is 2. The van der Waals surface area contributed by atoms with Crippen LogP contribution in [0.15, 0.2) is 0 Å². The van der Waals surface area contributed by atoms with Crippen LogP contribution in [0.5, 0.6) is 0 Å². The maximum absolute atomic E-state index is 11.8. The smallest absolute Gasteiger partial charge is 0.317 e. The van der Waals surface area contributed by atoms with Gasteiger partial charge in [0.1, 0.15) is 0 Å². The molecule has 2 unspecified atom stereocenters. The second kappa shape index (κ2) is 5.38. The van der Waals surface area contributed by atoms with E-state index in [0.29, 0.717) is 12.3 Å². The van der Waals surface area contributed by atoms with Crippen LogP contribution in [0.4, 0.5) is 4.79 Å². The second-order valence-corrected chi connectivity index (χ2v) is 5.22. The lowest BCUT2D eigenvalue weighted by Crippen LogP contribution is -2.45. The van der Waals surface area contributed by atoms with Crippen molar-refractivity contribution in [3.63, 3.8) is 0 Å². The minimum Gasteiger partial charge on any atom is -0.481 e. The summed E-state index contributed by atoms with van der Waals surface area (Å²) in [7, 11) is 0. The van der Waals surface area contributed by atoms with Gasteiger partial charge >= 0.3 is 12.0 Å². The molecule has 1 fully saturated rings. The highest BCUT2D eigenvalue weighted by molar-refractivity contribution is 5.78. The summed E-state index contributed by atoms with van der Waals surface area (Å²) in [5.74, 6) is -0.326. The molecule has 0 aromatic heterocycles. The van der Waals surface area contributed by atoms with Gasteiger partial charge in [0, 0.05) is 19.6 Å². The van der Waals surface area contributed by atoms with Gasteiger partial charge < -0.3 is 15.3 Å². The van der Waals surface area contributed by atoms with Crippen molar-refractivity contribution in [3.8, 4) is 0 Å². The lowest BCUT2D eigenvalue weighted by Gasteiger charge is -2.25. The number of carbonyl (C=O) groups excluding carboxylic acids is 1. The van der Waals surface area contributed by atoms with E-state index in [-0.39, 0.29) is 12.6 Å². The fraction of sp³-hybridized carbons (Fsp3) is 0.833. The molecule has 17 heavy (non-hydrogen) atoms. The zero-order valence-electron chi connectivity index (χ0n) is 10.8. The van der Waals surface area contributed by atoms with E-state index < -0.39 is 11.4 Å². The number of likely N-dealkylation sites (tertiary alicyclic amines) is 1. The van der Waals surface area contributed by atoms with Crippen LogP contribution < -0.4 is 5.32 Å². The lowest BCUT2D eigenvalue weighted by molar-refractivity contribution is -0.147. The summed E-state index contributed by atoms with van der Waals surface area (Å²) in [5, 5.41) is 11.8. The van der Waals surface area contributed by atoms with Crippen molar-refractivity contribution in [2.45, 2.75) is 33.6 Å². The molecule has 0 saturated carbocycles. The van der Waals surface area contributed by atoms with Gasteiger partial charge in [0.25, 0.3) is 0 Å². The highest BCUT2D eigenvalue weighted by Crippen LogP contribution is 2.20. The van der Waals surface area contributed by atoms with E-state index in [0.717, 1.165) is 19.5 Å². The van der Waals surface area contributed by atoms with Crippen LogP contribution in [-0.4, -0.2) is 41.6 Å². The summed E-state index contributed by atoms with van der Waals surface area (Å²) in [5.41, 5.74) is -0.874. The molecular weight excluding hydrogens is 220 g/mol. The second-order valence-electron chi connectivity index (χ2n) is 5.22. The summed E-state index contributed by atoms with van der Waals surface area (Å²) in [4.78, 5) is 24.6. The van der Waals surface area contributed by atoms with Crippen molar-refractivity contribution >= 4 is 12.0 Å². The largest absolute Gasteiger partial charge is 0.481 e. The molecule has 2 amide bonds. The molecule has 2 atom stereocenters. The SMILES string of the molecule is CCC(C)(CNC(=O)N1CCC(C)C1)C(=O)O. The highest BCUT2D eigenvalue weighted by Gasteiger charge is 2.32. The van der Waals surface area contributed by atoms with Gasteiger partial charge in [0.2, 0.25) is 0 Å². The lowest BCUT2D eigenvalue weighted by atomic mass is 9.88. The molecule has 98 valence electrons. The van der Waals surface area contributed by atoms with Crippen molar-refractivity contribution < 1.29 is 14.7 Å². The Bertz CT molecular complexity index is 306. The molecule has 1 heterocycles. The van der Waals surface area contributed by atoms with E-state index in [1.54, 1.807) is 11.8 Å². The summed E-state index contributed by atoms with van der Waals surface area (Å²) < 4.78 is 0. The fourth-order valence-electron chi connectivity index (χ4n) is 1.85. The van der Waals surface area contributed by atoms with E-state index >= 15 is 0 Å². The maximum atomic E-state index is 11.8. The molecule has 0 radical (unpaired) electrons. The van der Waals surface area contributed by atoms with Crippen LogP contribution in [0.25, 0.3) is 0 Å². The van der Waals surface area contributed by atoms with Crippen LogP contribution in [0.2, 0.25) is 0 Å². The molecule has 0 bridgehead atoms. The Labute approximate surface area is 102 Å². The number of rotatable bonds is 4. The van der Waals surface area contributed by atoms with E-state index in [1.165, 1.54) is 0 Å². The van der Waals surface area contributed by atoms with E-state index in [9.17, 15) is 9.59 Å². The summed E-state index contributed by atoms with van der Waals surface area (Å²) in [6.45, 7) is 7.30. The molecular formula is C12H22N2O3. The van der Waals surface area contributed by atoms with Crippen LogP contribution >= 0.6 is 0 Å². The van der Waals surface area contributed by atoms with Crippen molar-refractivity contribution in [2.75, 3.05) is 19.6 Å². The number of carboxylic acid groups (broad SMARTS) is 1. The summed E-state index contributed by atoms with van der Waals surface area (Å²) in [6.07, 6.45) is 1.52. The molecule has 0 aromatic carbocycles. The predicted molar refractivity (Wildman–Crippen MR) is 64.8 cm³/mol. The Morgan fingerprint density at radius 2 is 2.18 bits per heavy atom. The van der Waals surface area contributed by atoms with Gasteiger partial charge in [-0.05, 0) is 25.7 Å². The van der Waals surface area contributed by atoms with Crippen molar-refractivity contribution in [1.29, 1.82) is 0 Å². The Kier molecular flexibility index (Phi) is 4.37. The van der Waals surface area contributed by atoms with Gasteiger partial charge in [-0.15, -0.1) is 0 Å². The first-order valence-electron chi connectivity index (χ1n) is 6.15. The van der Waals surface area contributed by atoms with E-state index in [1.807, 2.05) is 6.92 Å². The highest BCUT2D eigenvalue weighted by atomic mass is 16.4. The van der Waals surface area contributed by atoms with Gasteiger partial charge in [-0.3, -0.25) is 4.79 Å². The number of amides is 2. The number of carboxylic acids is 1. The Morgan fingerprint density at radius 1 is 1.53 bits per heavy atom. The third-order valence-corrected chi connectivity index (χ3v) is 3.64. The number of hydrogen-bond donors (Lipinski definition) is 2. The quantitative estimate of drug-likeness (QED) is 0.785. The molecule has 1 aliphatic heterocycles. The fourth-order valence-corrected chi connectivity index (χ4v) is 1.85. The molecule has 0 aromatic rings. The molecule has 1 saturated heterocycles. The zero-order valence-corrected chi connectivity index (χ0v) is 10.8. The Balaban J connectivity index is 2.45. The normalized spacial score (nSPS) is 23.2. The minimum atomic E-state index is -0.874. The molecule has 0 spiro atoms. The molecule has 2 N–H and O–H groups in total.